The number of rotatable bonds is 12. The van der Waals surface area contributed by atoms with Gasteiger partial charge in [-0.05, 0) is 0 Å². The second kappa shape index (κ2) is 11.7. The normalized spacial score (nSPS) is 16.4. The Morgan fingerprint density at radius 1 is 0.920 bits per heavy atom. The fourth-order valence-corrected chi connectivity index (χ4v) is 8.60. The second-order valence-corrected chi connectivity index (χ2v) is 12.5. The first-order chi connectivity index (χ1) is 12.2. The molecule has 1 saturated heterocycles. The fourth-order valence-electron chi connectivity index (χ4n) is 3.57. The summed E-state index contributed by atoms with van der Waals surface area (Å²) in [7, 11) is 0. The summed E-state index contributed by atoms with van der Waals surface area (Å²) in [6.07, 6.45) is 12.8. The summed E-state index contributed by atoms with van der Waals surface area (Å²) in [5.74, 6) is 0.881. The number of hydrogen-bond donors (Lipinski definition) is 0. The number of furan rings is 1. The van der Waals surface area contributed by atoms with Gasteiger partial charge < -0.3 is 0 Å². The van der Waals surface area contributed by atoms with Gasteiger partial charge in [-0.2, -0.15) is 0 Å². The molecule has 0 N–H and O–H groups in total. The Balaban J connectivity index is 2.08. The van der Waals surface area contributed by atoms with Crippen LogP contribution in [0.25, 0.3) is 0 Å². The van der Waals surface area contributed by atoms with E-state index in [1.54, 1.807) is 0 Å². The van der Waals surface area contributed by atoms with E-state index in [0.717, 1.165) is 25.4 Å². The van der Waals surface area contributed by atoms with Gasteiger partial charge in [0.2, 0.25) is 0 Å². The van der Waals surface area contributed by atoms with E-state index in [-0.39, 0.29) is 6.29 Å². The van der Waals surface area contributed by atoms with E-state index >= 15 is 0 Å². The summed E-state index contributed by atoms with van der Waals surface area (Å²) in [4.78, 5) is 0. The van der Waals surface area contributed by atoms with E-state index in [0.29, 0.717) is 3.43 Å². The molecule has 2 rings (SSSR count). The Bertz CT molecular complexity index is 444. The first-order valence-corrected chi connectivity index (χ1v) is 13.2. The molecule has 1 aromatic rings. The van der Waals surface area contributed by atoms with Crippen molar-refractivity contribution in [3.05, 3.63) is 17.9 Å². The van der Waals surface area contributed by atoms with Gasteiger partial charge in [0.05, 0.1) is 0 Å². The van der Waals surface area contributed by atoms with E-state index in [2.05, 4.69) is 32.9 Å². The van der Waals surface area contributed by atoms with Gasteiger partial charge in [-0.1, -0.05) is 0 Å². The van der Waals surface area contributed by atoms with Gasteiger partial charge in [-0.25, -0.2) is 0 Å². The fraction of sp³-hybridized carbons (Fsp3) is 0.810. The molecule has 0 unspecified atom stereocenters. The maximum absolute atomic E-state index is 6.24. The zero-order valence-electron chi connectivity index (χ0n) is 16.4. The average molecular weight is 455 g/mol. The van der Waals surface area contributed by atoms with Crippen LogP contribution in [0.2, 0.25) is 3.43 Å². The van der Waals surface area contributed by atoms with E-state index in [1.165, 1.54) is 61.6 Å². The molecule has 1 aromatic heterocycles. The van der Waals surface area contributed by atoms with Crippen molar-refractivity contribution in [1.82, 2.24) is 0 Å². The minimum absolute atomic E-state index is 0.279. The number of unbranched alkanes of at least 4 members (excludes halogenated alkanes) is 3. The molecular formula is C21H36O3Sn. The summed E-state index contributed by atoms with van der Waals surface area (Å²) in [5, 5.41) is 0. The molecule has 0 aromatic carbocycles. The second-order valence-electron chi connectivity index (χ2n) is 7.35. The first kappa shape index (κ1) is 21.3. The van der Waals surface area contributed by atoms with Crippen molar-refractivity contribution in [1.29, 1.82) is 0 Å². The molecule has 0 saturated carbocycles. The molecule has 0 atom stereocenters. The Labute approximate surface area is 164 Å². The van der Waals surface area contributed by atoms with Crippen LogP contribution in [-0.4, -0.2) is 34.4 Å². The Kier molecular flexibility index (Phi) is 9.93. The van der Waals surface area contributed by atoms with Crippen molar-refractivity contribution >= 4 is 24.9 Å². The van der Waals surface area contributed by atoms with Gasteiger partial charge in [-0.15, -0.1) is 0 Å². The van der Waals surface area contributed by atoms with E-state index < -0.39 is 21.1 Å². The predicted octanol–water partition coefficient (Wildman–Crippen LogP) is 5.77. The molecule has 1 aliphatic heterocycles. The molecule has 0 bridgehead atoms. The van der Waals surface area contributed by atoms with Gasteiger partial charge in [0, 0.05) is 0 Å². The third-order valence-corrected chi connectivity index (χ3v) is 10.2. The summed E-state index contributed by atoms with van der Waals surface area (Å²) < 4.78 is 19.5. The topological polar surface area (TPSA) is 31.6 Å². The Morgan fingerprint density at radius 3 is 2.00 bits per heavy atom. The quantitative estimate of drug-likeness (QED) is 0.375. The zero-order valence-corrected chi connectivity index (χ0v) is 19.3. The van der Waals surface area contributed by atoms with Crippen LogP contribution in [0.15, 0.2) is 16.5 Å². The Hall–Kier alpha value is -0.00130. The molecule has 1 fully saturated rings. The molecule has 1 aliphatic rings. The van der Waals surface area contributed by atoms with Gasteiger partial charge in [0.15, 0.2) is 0 Å². The Morgan fingerprint density at radius 2 is 1.48 bits per heavy atom. The molecule has 2 radical (unpaired) electrons. The molecular weight excluding hydrogens is 419 g/mol. The van der Waals surface area contributed by atoms with Crippen LogP contribution in [0.4, 0.5) is 0 Å². The molecule has 0 aliphatic carbocycles. The zero-order chi connectivity index (χ0) is 18.0. The van der Waals surface area contributed by atoms with Crippen LogP contribution in [0, 0.1) is 0 Å². The van der Waals surface area contributed by atoms with Crippen molar-refractivity contribution in [2.75, 3.05) is 13.2 Å². The molecule has 4 heteroatoms. The average Bonchev–Trinajstić information content (AvgIpc) is 3.12. The molecule has 3 nitrogen and oxygen atoms in total. The van der Waals surface area contributed by atoms with Crippen molar-refractivity contribution in [2.45, 2.75) is 94.7 Å². The summed E-state index contributed by atoms with van der Waals surface area (Å²) in [5.41, 5.74) is 0. The van der Waals surface area contributed by atoms with Crippen molar-refractivity contribution < 1.29 is 13.9 Å². The van der Waals surface area contributed by atoms with E-state index in [4.69, 9.17) is 13.9 Å². The molecule has 25 heavy (non-hydrogen) atoms. The van der Waals surface area contributed by atoms with E-state index in [1.807, 2.05) is 0 Å². The SMILES string of the molecule is CCCC[C](CCCC)(CCCC)[Sn][c]1ccc(C2OCCCO2)o1. The summed E-state index contributed by atoms with van der Waals surface area (Å²) in [6.45, 7) is 8.50. The van der Waals surface area contributed by atoms with Crippen LogP contribution in [0.5, 0.6) is 0 Å². The van der Waals surface area contributed by atoms with Crippen molar-refractivity contribution in [3.8, 4) is 0 Å². The monoisotopic (exact) mass is 456 g/mol. The number of ether oxygens (including phenoxy) is 2. The van der Waals surface area contributed by atoms with Crippen molar-refractivity contribution in [3.63, 3.8) is 0 Å². The van der Waals surface area contributed by atoms with Gasteiger partial charge >= 0.3 is 165 Å². The third-order valence-electron chi connectivity index (χ3n) is 5.10. The number of hydrogen-bond acceptors (Lipinski definition) is 3. The van der Waals surface area contributed by atoms with Gasteiger partial charge in [0.25, 0.3) is 0 Å². The minimum atomic E-state index is -0.797. The van der Waals surface area contributed by atoms with Crippen molar-refractivity contribution in [2.24, 2.45) is 0 Å². The van der Waals surface area contributed by atoms with Crippen LogP contribution in [0.3, 0.4) is 0 Å². The summed E-state index contributed by atoms with van der Waals surface area (Å²) in [6, 6.07) is 4.32. The van der Waals surface area contributed by atoms with Crippen LogP contribution < -0.4 is 3.78 Å². The van der Waals surface area contributed by atoms with Gasteiger partial charge in [0.1, 0.15) is 0 Å². The maximum atomic E-state index is 6.24. The van der Waals surface area contributed by atoms with Crippen LogP contribution in [0.1, 0.15) is 97.0 Å². The third kappa shape index (κ3) is 6.91. The van der Waals surface area contributed by atoms with E-state index in [9.17, 15) is 0 Å². The van der Waals surface area contributed by atoms with Crippen LogP contribution in [-0.2, 0) is 9.47 Å². The first-order valence-electron chi connectivity index (χ1n) is 10.3. The van der Waals surface area contributed by atoms with Gasteiger partial charge in [-0.3, -0.25) is 0 Å². The standard InChI is InChI=1S/C13H27.C8H9O3.Sn/c1-4-7-10-13(11-8-5-2)12-9-6-3;1-3-7(9-4-1)8-10-5-2-6-11-8;/h4-12H2,1-3H3;1,3,8H,2,5-6H2;. The molecule has 0 amide bonds. The molecule has 0 spiro atoms. The molecule has 142 valence electrons. The molecule has 2 heterocycles. The summed E-state index contributed by atoms with van der Waals surface area (Å²) >= 11 is -0.797. The van der Waals surface area contributed by atoms with Crippen LogP contribution >= 0.6 is 0 Å². The predicted molar refractivity (Wildman–Crippen MR) is 105 cm³/mol.